The van der Waals surface area contributed by atoms with Crippen LogP contribution in [0.3, 0.4) is 0 Å². The normalized spacial score (nSPS) is 21.9. The van der Waals surface area contributed by atoms with E-state index in [2.05, 4.69) is 17.6 Å². The summed E-state index contributed by atoms with van der Waals surface area (Å²) >= 11 is 0. The van der Waals surface area contributed by atoms with E-state index in [4.69, 9.17) is 4.74 Å². The first-order chi connectivity index (χ1) is 9.61. The van der Waals surface area contributed by atoms with Crippen LogP contribution in [0.5, 0.6) is 5.75 Å². The van der Waals surface area contributed by atoms with E-state index in [1.54, 1.807) is 18.2 Å². The van der Waals surface area contributed by atoms with Gasteiger partial charge in [-0.25, -0.2) is 0 Å². The van der Waals surface area contributed by atoms with Gasteiger partial charge in [0.25, 0.3) is 0 Å². The lowest BCUT2D eigenvalue weighted by Gasteiger charge is -2.18. The van der Waals surface area contributed by atoms with Gasteiger partial charge in [-0.3, -0.25) is 4.79 Å². The number of hydrogen-bond donors (Lipinski definition) is 3. The standard InChI is InChI=1S/C15H22N2O3/c1-3-6-16-13-9-20-8-11(13)15(19)17-12-7-10(2)4-5-14(12)18/h4-5,7,11,13,16,18H,3,6,8-9H2,1-2H3,(H,17,19). The zero-order chi connectivity index (χ0) is 14.5. The lowest BCUT2D eigenvalue weighted by Crippen LogP contribution is -2.41. The Labute approximate surface area is 119 Å². The van der Waals surface area contributed by atoms with Crippen LogP contribution in [0.1, 0.15) is 18.9 Å². The molecule has 1 saturated heterocycles. The maximum atomic E-state index is 12.3. The van der Waals surface area contributed by atoms with Crippen molar-refractivity contribution in [1.29, 1.82) is 0 Å². The number of carbonyl (C=O) groups is 1. The summed E-state index contributed by atoms with van der Waals surface area (Å²) in [6.07, 6.45) is 1.02. The van der Waals surface area contributed by atoms with Crippen LogP contribution in [-0.2, 0) is 9.53 Å². The van der Waals surface area contributed by atoms with Crippen molar-refractivity contribution in [1.82, 2.24) is 5.32 Å². The van der Waals surface area contributed by atoms with Crippen LogP contribution in [0.25, 0.3) is 0 Å². The van der Waals surface area contributed by atoms with Gasteiger partial charge in [-0.2, -0.15) is 0 Å². The number of carbonyl (C=O) groups excluding carboxylic acids is 1. The van der Waals surface area contributed by atoms with Gasteiger partial charge in [0.05, 0.1) is 24.8 Å². The number of nitrogens with one attached hydrogen (secondary N) is 2. The van der Waals surface area contributed by atoms with Crippen LogP contribution in [0, 0.1) is 12.8 Å². The largest absolute Gasteiger partial charge is 0.506 e. The summed E-state index contributed by atoms with van der Waals surface area (Å²) < 4.78 is 5.39. The molecule has 5 heteroatoms. The number of amides is 1. The predicted octanol–water partition coefficient (Wildman–Crippen LogP) is 1.65. The van der Waals surface area contributed by atoms with Gasteiger partial charge in [0.1, 0.15) is 5.75 Å². The molecule has 110 valence electrons. The summed E-state index contributed by atoms with van der Waals surface area (Å²) in [6, 6.07) is 5.19. The molecular formula is C15H22N2O3. The van der Waals surface area contributed by atoms with Crippen molar-refractivity contribution >= 4 is 11.6 Å². The molecule has 1 fully saturated rings. The highest BCUT2D eigenvalue weighted by Crippen LogP contribution is 2.25. The van der Waals surface area contributed by atoms with E-state index in [1.807, 2.05) is 6.92 Å². The molecule has 5 nitrogen and oxygen atoms in total. The van der Waals surface area contributed by atoms with E-state index in [9.17, 15) is 9.90 Å². The van der Waals surface area contributed by atoms with Gasteiger partial charge in [0.2, 0.25) is 5.91 Å². The van der Waals surface area contributed by atoms with Gasteiger partial charge < -0.3 is 20.5 Å². The molecule has 0 aliphatic carbocycles. The summed E-state index contributed by atoms with van der Waals surface area (Å²) in [5.74, 6) is -0.251. The topological polar surface area (TPSA) is 70.6 Å². The highest BCUT2D eigenvalue weighted by Gasteiger charge is 2.33. The second-order valence-electron chi connectivity index (χ2n) is 5.21. The number of hydrogen-bond acceptors (Lipinski definition) is 4. The molecular weight excluding hydrogens is 256 g/mol. The molecule has 0 saturated carbocycles. The van der Waals surface area contributed by atoms with Crippen LogP contribution < -0.4 is 10.6 Å². The fourth-order valence-corrected chi connectivity index (χ4v) is 2.32. The lowest BCUT2D eigenvalue weighted by atomic mass is 10.0. The number of benzene rings is 1. The third kappa shape index (κ3) is 3.49. The van der Waals surface area contributed by atoms with E-state index < -0.39 is 0 Å². The van der Waals surface area contributed by atoms with Gasteiger partial charge in [-0.15, -0.1) is 0 Å². The van der Waals surface area contributed by atoms with Gasteiger partial charge in [0.15, 0.2) is 0 Å². The molecule has 3 N–H and O–H groups in total. The van der Waals surface area contributed by atoms with Crippen molar-refractivity contribution in [2.45, 2.75) is 26.3 Å². The van der Waals surface area contributed by atoms with Crippen molar-refractivity contribution in [3.63, 3.8) is 0 Å². The highest BCUT2D eigenvalue weighted by molar-refractivity contribution is 5.94. The minimum atomic E-state index is -0.221. The van der Waals surface area contributed by atoms with Gasteiger partial charge in [-0.05, 0) is 37.6 Å². The molecule has 2 atom stereocenters. The second-order valence-corrected chi connectivity index (χ2v) is 5.21. The number of aromatic hydroxyl groups is 1. The van der Waals surface area contributed by atoms with E-state index in [0.29, 0.717) is 18.9 Å². The summed E-state index contributed by atoms with van der Waals surface area (Å²) in [6.45, 7) is 5.84. The molecule has 1 aliphatic rings. The third-order valence-corrected chi connectivity index (χ3v) is 3.48. The monoisotopic (exact) mass is 278 g/mol. The first-order valence-corrected chi connectivity index (χ1v) is 7.03. The number of anilines is 1. The molecule has 0 aromatic heterocycles. The summed E-state index contributed by atoms with van der Waals surface area (Å²) in [5, 5.41) is 15.9. The summed E-state index contributed by atoms with van der Waals surface area (Å²) in [5.41, 5.74) is 1.44. The maximum Gasteiger partial charge on any atom is 0.231 e. The SMILES string of the molecule is CCCNC1COCC1C(=O)Nc1cc(C)ccc1O. The molecule has 0 bridgehead atoms. The van der Waals surface area contributed by atoms with Crippen LogP contribution in [-0.4, -0.2) is 36.8 Å². The number of aryl methyl sites for hydroxylation is 1. The second kappa shape index (κ2) is 6.72. The van der Waals surface area contributed by atoms with Gasteiger partial charge in [-0.1, -0.05) is 13.0 Å². The maximum absolute atomic E-state index is 12.3. The van der Waals surface area contributed by atoms with E-state index in [1.165, 1.54) is 0 Å². The first-order valence-electron chi connectivity index (χ1n) is 7.03. The van der Waals surface area contributed by atoms with Crippen LogP contribution >= 0.6 is 0 Å². The van der Waals surface area contributed by atoms with Crippen LogP contribution in [0.15, 0.2) is 18.2 Å². The highest BCUT2D eigenvalue weighted by atomic mass is 16.5. The first kappa shape index (κ1) is 14.8. The van der Waals surface area contributed by atoms with E-state index in [-0.39, 0.29) is 23.6 Å². The number of phenols is 1. The number of ether oxygens (including phenoxy) is 1. The Morgan fingerprint density at radius 1 is 1.45 bits per heavy atom. The molecule has 20 heavy (non-hydrogen) atoms. The summed E-state index contributed by atoms with van der Waals surface area (Å²) in [4.78, 5) is 12.3. The third-order valence-electron chi connectivity index (χ3n) is 3.48. The Bertz CT molecular complexity index is 476. The molecule has 0 radical (unpaired) electrons. The van der Waals surface area contributed by atoms with Crippen LogP contribution in [0.2, 0.25) is 0 Å². The minimum absolute atomic E-state index is 0.0434. The Morgan fingerprint density at radius 2 is 2.25 bits per heavy atom. The number of phenolic OH excluding ortho intramolecular Hbond substituents is 1. The molecule has 1 aromatic rings. The van der Waals surface area contributed by atoms with Crippen molar-refractivity contribution in [3.8, 4) is 5.75 Å². The molecule has 1 aliphatic heterocycles. The fraction of sp³-hybridized carbons (Fsp3) is 0.533. The van der Waals surface area contributed by atoms with Crippen molar-refractivity contribution < 1.29 is 14.6 Å². The Kier molecular flexibility index (Phi) is 4.98. The van der Waals surface area contributed by atoms with Crippen molar-refractivity contribution in [3.05, 3.63) is 23.8 Å². The Balaban J connectivity index is 2.01. The molecule has 1 amide bonds. The average Bonchev–Trinajstić information content (AvgIpc) is 2.89. The molecule has 1 aromatic carbocycles. The minimum Gasteiger partial charge on any atom is -0.506 e. The van der Waals surface area contributed by atoms with Crippen molar-refractivity contribution in [2.24, 2.45) is 5.92 Å². The fourth-order valence-electron chi connectivity index (χ4n) is 2.32. The average molecular weight is 278 g/mol. The zero-order valence-electron chi connectivity index (χ0n) is 12.0. The quantitative estimate of drug-likeness (QED) is 0.716. The van der Waals surface area contributed by atoms with E-state index in [0.717, 1.165) is 18.5 Å². The van der Waals surface area contributed by atoms with Gasteiger partial charge >= 0.3 is 0 Å². The lowest BCUT2D eigenvalue weighted by molar-refractivity contribution is -0.120. The Morgan fingerprint density at radius 3 is 3.00 bits per heavy atom. The molecule has 1 heterocycles. The van der Waals surface area contributed by atoms with Crippen LogP contribution in [0.4, 0.5) is 5.69 Å². The van der Waals surface area contributed by atoms with Crippen molar-refractivity contribution in [2.75, 3.05) is 25.1 Å². The zero-order valence-corrected chi connectivity index (χ0v) is 12.0. The van der Waals surface area contributed by atoms with E-state index >= 15 is 0 Å². The number of rotatable bonds is 5. The Hall–Kier alpha value is -1.59. The molecule has 2 rings (SSSR count). The predicted molar refractivity (Wildman–Crippen MR) is 77.9 cm³/mol. The summed E-state index contributed by atoms with van der Waals surface area (Å²) in [7, 11) is 0. The molecule has 2 unspecified atom stereocenters. The molecule has 0 spiro atoms. The smallest absolute Gasteiger partial charge is 0.231 e. The van der Waals surface area contributed by atoms with Gasteiger partial charge in [0, 0.05) is 6.04 Å².